The standard InChI is InChI=1S/C16H17N7O2/c1-22(9-14-19-11-4-2-3-5-12(11)20-14)16-17-8-13(23(24)25)15(21-16)18-10-6-7-10/h2-5,8,10H,6-7,9H2,1H3,(H,19,20)(H,17,18,21). The Bertz CT molecular complexity index is 902. The Labute approximate surface area is 143 Å². The molecule has 0 atom stereocenters. The van der Waals surface area contributed by atoms with E-state index in [1.807, 2.05) is 31.3 Å². The first-order valence-corrected chi connectivity index (χ1v) is 8.03. The Hall–Kier alpha value is -3.23. The van der Waals surface area contributed by atoms with Crippen LogP contribution in [0, 0.1) is 10.1 Å². The second-order valence-electron chi connectivity index (χ2n) is 6.14. The summed E-state index contributed by atoms with van der Waals surface area (Å²) in [6, 6.07) is 8.05. The van der Waals surface area contributed by atoms with Crippen LogP contribution in [-0.4, -0.2) is 37.9 Å². The zero-order valence-corrected chi connectivity index (χ0v) is 13.6. The number of H-pyrrole nitrogens is 1. The molecule has 9 nitrogen and oxygen atoms in total. The summed E-state index contributed by atoms with van der Waals surface area (Å²) in [5, 5.41) is 14.3. The predicted octanol–water partition coefficient (Wildman–Crippen LogP) is 2.47. The van der Waals surface area contributed by atoms with E-state index in [0.717, 1.165) is 29.7 Å². The average molecular weight is 339 g/mol. The van der Waals surface area contributed by atoms with Crippen LogP contribution < -0.4 is 10.2 Å². The van der Waals surface area contributed by atoms with Gasteiger partial charge in [-0.2, -0.15) is 4.98 Å². The molecular formula is C16H17N7O2. The van der Waals surface area contributed by atoms with Gasteiger partial charge in [0, 0.05) is 13.1 Å². The van der Waals surface area contributed by atoms with Gasteiger partial charge in [0.2, 0.25) is 11.8 Å². The van der Waals surface area contributed by atoms with Gasteiger partial charge in [0.05, 0.1) is 22.5 Å². The number of para-hydroxylation sites is 2. The van der Waals surface area contributed by atoms with E-state index in [-0.39, 0.29) is 17.5 Å². The topological polar surface area (TPSA) is 113 Å². The van der Waals surface area contributed by atoms with Gasteiger partial charge >= 0.3 is 5.69 Å². The van der Waals surface area contributed by atoms with Crippen LogP contribution in [0.5, 0.6) is 0 Å². The molecule has 1 aromatic carbocycles. The maximum absolute atomic E-state index is 11.2. The molecule has 0 radical (unpaired) electrons. The van der Waals surface area contributed by atoms with Crippen LogP contribution in [-0.2, 0) is 6.54 Å². The zero-order valence-electron chi connectivity index (χ0n) is 13.6. The molecule has 0 amide bonds. The van der Waals surface area contributed by atoms with Crippen LogP contribution in [0.2, 0.25) is 0 Å². The summed E-state index contributed by atoms with van der Waals surface area (Å²) < 4.78 is 0. The number of anilines is 2. The van der Waals surface area contributed by atoms with E-state index in [4.69, 9.17) is 0 Å². The Morgan fingerprint density at radius 2 is 2.16 bits per heavy atom. The van der Waals surface area contributed by atoms with Gasteiger partial charge in [-0.3, -0.25) is 10.1 Å². The highest BCUT2D eigenvalue weighted by Gasteiger charge is 2.27. The van der Waals surface area contributed by atoms with Crippen molar-refractivity contribution in [2.75, 3.05) is 17.3 Å². The van der Waals surface area contributed by atoms with Gasteiger partial charge in [-0.05, 0) is 25.0 Å². The number of nitrogens with one attached hydrogen (secondary N) is 2. The molecule has 2 N–H and O–H groups in total. The number of benzene rings is 1. The minimum atomic E-state index is -0.465. The van der Waals surface area contributed by atoms with Crippen molar-refractivity contribution in [3.63, 3.8) is 0 Å². The second kappa shape index (κ2) is 6.00. The number of hydrogen-bond acceptors (Lipinski definition) is 7. The number of hydrogen-bond donors (Lipinski definition) is 2. The van der Waals surface area contributed by atoms with E-state index in [1.54, 1.807) is 4.90 Å². The van der Waals surface area contributed by atoms with Gasteiger partial charge in [0.25, 0.3) is 0 Å². The maximum atomic E-state index is 11.2. The lowest BCUT2D eigenvalue weighted by atomic mass is 10.3. The van der Waals surface area contributed by atoms with E-state index in [1.165, 1.54) is 6.20 Å². The third-order valence-electron chi connectivity index (χ3n) is 4.04. The summed E-state index contributed by atoms with van der Waals surface area (Å²) in [5.41, 5.74) is 1.76. The molecule has 0 spiro atoms. The second-order valence-corrected chi connectivity index (χ2v) is 6.14. The van der Waals surface area contributed by atoms with Crippen molar-refractivity contribution in [2.24, 2.45) is 0 Å². The zero-order chi connectivity index (χ0) is 17.4. The van der Waals surface area contributed by atoms with Gasteiger partial charge in [0.15, 0.2) is 0 Å². The number of nitro groups is 1. The average Bonchev–Trinajstić information content (AvgIpc) is 3.31. The molecule has 2 aromatic heterocycles. The fourth-order valence-electron chi connectivity index (χ4n) is 2.59. The first-order valence-electron chi connectivity index (χ1n) is 8.03. The molecule has 0 unspecified atom stereocenters. The van der Waals surface area contributed by atoms with Gasteiger partial charge in [0.1, 0.15) is 12.0 Å². The summed E-state index contributed by atoms with van der Waals surface area (Å²) in [4.78, 5) is 28.7. The number of fused-ring (bicyclic) bond motifs is 1. The number of aromatic amines is 1. The molecule has 25 heavy (non-hydrogen) atoms. The van der Waals surface area contributed by atoms with Crippen molar-refractivity contribution in [1.82, 2.24) is 19.9 Å². The Balaban J connectivity index is 1.58. The SMILES string of the molecule is CN(Cc1nc2ccccc2[nH]1)c1ncc([N+](=O)[O-])c(NC2CC2)n1. The normalized spacial score (nSPS) is 13.8. The molecule has 4 rings (SSSR count). The molecule has 1 fully saturated rings. The van der Waals surface area contributed by atoms with Gasteiger partial charge in [-0.25, -0.2) is 9.97 Å². The molecule has 3 aromatic rings. The Kier molecular flexibility index (Phi) is 3.68. The van der Waals surface area contributed by atoms with E-state index < -0.39 is 4.92 Å². The van der Waals surface area contributed by atoms with Crippen molar-refractivity contribution in [1.29, 1.82) is 0 Å². The summed E-state index contributed by atoms with van der Waals surface area (Å²) in [7, 11) is 1.83. The Morgan fingerprint density at radius 3 is 2.88 bits per heavy atom. The van der Waals surface area contributed by atoms with Crippen molar-refractivity contribution < 1.29 is 4.92 Å². The number of rotatable bonds is 6. The van der Waals surface area contributed by atoms with Crippen molar-refractivity contribution in [2.45, 2.75) is 25.4 Å². The summed E-state index contributed by atoms with van der Waals surface area (Å²) in [6.45, 7) is 0.468. The number of aromatic nitrogens is 4. The molecule has 9 heteroatoms. The first-order chi connectivity index (χ1) is 12.1. The molecule has 0 aliphatic heterocycles. The largest absolute Gasteiger partial charge is 0.361 e. The first kappa shape index (κ1) is 15.3. The molecule has 1 aliphatic rings. The minimum Gasteiger partial charge on any atom is -0.361 e. The van der Waals surface area contributed by atoms with Crippen LogP contribution in [0.4, 0.5) is 17.5 Å². The molecule has 0 saturated heterocycles. The lowest BCUT2D eigenvalue weighted by molar-refractivity contribution is -0.384. The third-order valence-corrected chi connectivity index (χ3v) is 4.04. The number of nitrogens with zero attached hydrogens (tertiary/aromatic N) is 5. The lowest BCUT2D eigenvalue weighted by Crippen LogP contribution is -2.21. The minimum absolute atomic E-state index is 0.104. The summed E-state index contributed by atoms with van der Waals surface area (Å²) in [6.07, 6.45) is 3.26. The molecule has 1 saturated carbocycles. The summed E-state index contributed by atoms with van der Waals surface area (Å²) in [5.74, 6) is 1.46. The quantitative estimate of drug-likeness (QED) is 0.524. The maximum Gasteiger partial charge on any atom is 0.329 e. The van der Waals surface area contributed by atoms with Crippen molar-refractivity contribution in [3.8, 4) is 0 Å². The highest BCUT2D eigenvalue weighted by atomic mass is 16.6. The number of imidazole rings is 1. The lowest BCUT2D eigenvalue weighted by Gasteiger charge is -2.16. The highest BCUT2D eigenvalue weighted by molar-refractivity contribution is 5.74. The van der Waals surface area contributed by atoms with Crippen LogP contribution in [0.25, 0.3) is 11.0 Å². The van der Waals surface area contributed by atoms with E-state index >= 15 is 0 Å². The van der Waals surface area contributed by atoms with Gasteiger partial charge in [-0.15, -0.1) is 0 Å². The smallest absolute Gasteiger partial charge is 0.329 e. The molecule has 128 valence electrons. The van der Waals surface area contributed by atoms with Crippen LogP contribution in [0.15, 0.2) is 30.5 Å². The fourth-order valence-corrected chi connectivity index (χ4v) is 2.59. The fraction of sp³-hybridized carbons (Fsp3) is 0.312. The van der Waals surface area contributed by atoms with E-state index in [2.05, 4.69) is 25.3 Å². The summed E-state index contributed by atoms with van der Waals surface area (Å²) >= 11 is 0. The molecule has 1 aliphatic carbocycles. The van der Waals surface area contributed by atoms with Crippen LogP contribution >= 0.6 is 0 Å². The highest BCUT2D eigenvalue weighted by Crippen LogP contribution is 2.30. The van der Waals surface area contributed by atoms with E-state index in [0.29, 0.717) is 12.5 Å². The van der Waals surface area contributed by atoms with Crippen LogP contribution in [0.1, 0.15) is 18.7 Å². The van der Waals surface area contributed by atoms with Gasteiger partial charge < -0.3 is 15.2 Å². The Morgan fingerprint density at radius 1 is 1.36 bits per heavy atom. The van der Waals surface area contributed by atoms with Gasteiger partial charge in [-0.1, -0.05) is 12.1 Å². The molecule has 2 heterocycles. The third kappa shape index (κ3) is 3.21. The van der Waals surface area contributed by atoms with Crippen molar-refractivity contribution in [3.05, 3.63) is 46.4 Å². The van der Waals surface area contributed by atoms with Crippen LogP contribution in [0.3, 0.4) is 0 Å². The monoisotopic (exact) mass is 339 g/mol. The molecular weight excluding hydrogens is 322 g/mol. The van der Waals surface area contributed by atoms with E-state index in [9.17, 15) is 10.1 Å². The predicted molar refractivity (Wildman–Crippen MR) is 93.5 cm³/mol. The molecule has 0 bridgehead atoms. The van der Waals surface area contributed by atoms with Crippen molar-refractivity contribution >= 4 is 28.5 Å².